The lowest BCUT2D eigenvalue weighted by atomic mass is 9.60. The molecule has 3 fully saturated rings. The molecule has 8 unspecified atom stereocenters. The van der Waals surface area contributed by atoms with Crippen molar-refractivity contribution in [1.82, 2.24) is 0 Å². The summed E-state index contributed by atoms with van der Waals surface area (Å²) in [4.78, 5) is 99.5. The zero-order chi connectivity index (χ0) is 44.3. The van der Waals surface area contributed by atoms with E-state index in [2.05, 4.69) is 19.1 Å². The molecule has 2 N–H and O–H groups in total. The largest absolute Gasteiger partial charge is 0.508 e. The molecule has 0 bridgehead atoms. The Morgan fingerprint density at radius 1 is 0.783 bits per heavy atom. The number of aliphatic hydroxyl groups is 1. The first-order valence-corrected chi connectivity index (χ1v) is 18.9. The number of fused-ring (bicyclic) bond motifs is 5. The van der Waals surface area contributed by atoms with Crippen LogP contribution in [-0.4, -0.2) is 123 Å². The molecule has 0 radical (unpaired) electrons. The van der Waals surface area contributed by atoms with E-state index in [0.29, 0.717) is 23.4 Å². The summed E-state index contributed by atoms with van der Waals surface area (Å²) >= 11 is 0. The number of hydrogen-bond donors (Lipinski definition) is 2. The highest BCUT2D eigenvalue weighted by atomic mass is 16.7. The lowest BCUT2D eigenvalue weighted by molar-refractivity contribution is -0.479. The second kappa shape index (κ2) is 20.7. The van der Waals surface area contributed by atoms with Crippen molar-refractivity contribution in [1.29, 1.82) is 0 Å². The molecule has 0 amide bonds. The average Bonchev–Trinajstić information content (AvgIpc) is 3.49. The lowest BCUT2D eigenvalue weighted by Crippen LogP contribution is -2.62. The first kappa shape index (κ1) is 46.5. The molecule has 60 heavy (non-hydrogen) atoms. The summed E-state index contributed by atoms with van der Waals surface area (Å²) in [6.45, 7) is -2.28. The van der Waals surface area contributed by atoms with E-state index in [0.717, 1.165) is 32.1 Å². The quantitative estimate of drug-likeness (QED) is 0.0735. The Morgan fingerprint density at radius 2 is 1.30 bits per heavy atom. The summed E-state index contributed by atoms with van der Waals surface area (Å²) in [6.07, 6.45) is -6.06. The minimum Gasteiger partial charge on any atom is -0.508 e. The van der Waals surface area contributed by atoms with Crippen LogP contribution in [0.25, 0.3) is 0 Å². The van der Waals surface area contributed by atoms with Crippen LogP contribution in [0, 0.1) is 51.8 Å². The molecular formula is C36H44N4O20. The molecule has 2 saturated carbocycles. The van der Waals surface area contributed by atoms with E-state index in [1.165, 1.54) is 16.7 Å². The number of ketones is 1. The Bertz CT molecular complexity index is 1890. The van der Waals surface area contributed by atoms with Gasteiger partial charge in [-0.05, 0) is 54.9 Å². The molecule has 4 aliphatic rings. The van der Waals surface area contributed by atoms with Gasteiger partial charge in [-0.3, -0.25) is 64.4 Å². The maximum Gasteiger partial charge on any atom is 0.313 e. The van der Waals surface area contributed by atoms with E-state index >= 15 is 0 Å². The Kier molecular flexibility index (Phi) is 16.0. The van der Waals surface area contributed by atoms with Gasteiger partial charge in [-0.1, -0.05) is 24.6 Å². The number of nitrogens with zero attached hydrogens (tertiary/aromatic N) is 4. The number of Topliss-reactive ketones (excluding diaryl/α,β-unsaturated/α-hetero) is 1. The van der Waals surface area contributed by atoms with Gasteiger partial charge in [0.05, 0.1) is 0 Å². The zero-order valence-corrected chi connectivity index (χ0v) is 32.3. The van der Waals surface area contributed by atoms with E-state index in [9.17, 15) is 74.6 Å². The highest BCUT2D eigenvalue weighted by Gasteiger charge is 2.53. The van der Waals surface area contributed by atoms with E-state index < -0.39 is 133 Å². The SMILES string of the molecule is CC12CCC3C(=CCc4cc(O)ccc43)C1CCC2=O.O=C(CC[N+](=O)[O-])OCC1OC(O)C(OC(=O)CC[N+](=O)[O-])C(OC(=O)CC[N+](=O)[O-])C1OC(=O)CC[N+](=O)[O-]. The summed E-state index contributed by atoms with van der Waals surface area (Å²) < 4.78 is 25.1. The third-order valence-electron chi connectivity index (χ3n) is 10.7. The van der Waals surface area contributed by atoms with Crippen LogP contribution in [0.2, 0.25) is 0 Å². The van der Waals surface area contributed by atoms with Crippen LogP contribution in [-0.2, 0) is 54.1 Å². The fraction of sp³-hybridized carbons (Fsp3) is 0.639. The van der Waals surface area contributed by atoms with Crippen LogP contribution in [0.15, 0.2) is 29.8 Å². The van der Waals surface area contributed by atoms with Crippen molar-refractivity contribution < 1.29 is 77.6 Å². The van der Waals surface area contributed by atoms with Gasteiger partial charge in [-0.25, -0.2) is 0 Å². The molecule has 1 heterocycles. The van der Waals surface area contributed by atoms with Gasteiger partial charge in [-0.15, -0.1) is 0 Å². The van der Waals surface area contributed by atoms with Crippen molar-refractivity contribution >= 4 is 29.7 Å². The zero-order valence-electron chi connectivity index (χ0n) is 32.3. The third kappa shape index (κ3) is 12.4. The van der Waals surface area contributed by atoms with Gasteiger partial charge in [0.1, 0.15) is 49.9 Å². The standard InChI is InChI=1S/C18H24N4O18.C18H20O2/c23-11(1-5-19(28)29)36-9-10-15(38-12(24)2-6-20(30)31)16(39-13(25)3-7-21(32)33)17(18(27)37-10)40-14(26)4-8-22(34)35;1-18-9-8-14-13-5-3-12(19)10-11(13)2-4-15(14)16(18)6-7-17(18)20/h10,15-18,27H,1-9H2;3-5,10,14,16,19H,2,6-9H2,1H3. The van der Waals surface area contributed by atoms with Crippen molar-refractivity contribution in [2.45, 2.75) is 101 Å². The summed E-state index contributed by atoms with van der Waals surface area (Å²) in [5, 5.41) is 62.3. The number of carbonyl (C=O) groups excluding carboxylic acids is 5. The number of phenolic OH excluding ortho intramolecular Hbond substituents is 1. The predicted octanol–water partition coefficient (Wildman–Crippen LogP) is 1.39. The predicted molar refractivity (Wildman–Crippen MR) is 195 cm³/mol. The summed E-state index contributed by atoms with van der Waals surface area (Å²) in [5.74, 6) is -3.30. The van der Waals surface area contributed by atoms with Crippen molar-refractivity contribution in [2.75, 3.05) is 32.8 Å². The molecule has 24 nitrogen and oxygen atoms in total. The van der Waals surface area contributed by atoms with Gasteiger partial charge < -0.3 is 33.9 Å². The number of phenols is 1. The highest BCUT2D eigenvalue weighted by molar-refractivity contribution is 5.88. The summed E-state index contributed by atoms with van der Waals surface area (Å²) in [7, 11) is 0. The number of benzene rings is 1. The van der Waals surface area contributed by atoms with Gasteiger partial charge >= 0.3 is 23.9 Å². The molecule has 5 rings (SSSR count). The number of nitro groups is 4. The fourth-order valence-corrected chi connectivity index (χ4v) is 7.77. The van der Waals surface area contributed by atoms with Gasteiger partial charge in [0.25, 0.3) is 0 Å². The van der Waals surface area contributed by atoms with E-state index in [-0.39, 0.29) is 5.41 Å². The molecule has 0 spiro atoms. The number of rotatable bonds is 17. The first-order chi connectivity index (χ1) is 28.3. The molecule has 3 aliphatic carbocycles. The van der Waals surface area contributed by atoms with Crippen LogP contribution in [0.4, 0.5) is 0 Å². The van der Waals surface area contributed by atoms with E-state index in [1.807, 2.05) is 6.07 Å². The van der Waals surface area contributed by atoms with Gasteiger partial charge in [0.2, 0.25) is 26.2 Å². The van der Waals surface area contributed by atoms with Crippen LogP contribution in [0.5, 0.6) is 5.75 Å². The maximum absolute atomic E-state index is 12.3. The van der Waals surface area contributed by atoms with Crippen molar-refractivity contribution in [3.05, 3.63) is 81.4 Å². The summed E-state index contributed by atoms with van der Waals surface area (Å²) in [6, 6.07) is 5.79. The van der Waals surface area contributed by atoms with Crippen molar-refractivity contribution in [2.24, 2.45) is 11.3 Å². The number of hydrogen-bond acceptors (Lipinski definition) is 20. The maximum atomic E-state index is 12.3. The fourth-order valence-electron chi connectivity index (χ4n) is 7.77. The Balaban J connectivity index is 0.000000324. The molecular weight excluding hydrogens is 808 g/mol. The Labute approximate surface area is 339 Å². The molecule has 328 valence electrons. The number of aromatic hydroxyl groups is 1. The van der Waals surface area contributed by atoms with Gasteiger partial charge in [0.15, 0.2) is 24.6 Å². The smallest absolute Gasteiger partial charge is 0.313 e. The normalized spacial score (nSPS) is 26.3. The van der Waals surface area contributed by atoms with Crippen LogP contribution in [0.3, 0.4) is 0 Å². The minimum absolute atomic E-state index is 0.100. The van der Waals surface area contributed by atoms with Gasteiger partial charge in [0, 0.05) is 37.4 Å². The molecule has 1 aromatic rings. The third-order valence-corrected chi connectivity index (χ3v) is 10.7. The minimum atomic E-state index is -2.22. The Hall–Kier alpha value is -6.17. The number of ether oxygens (including phenoxy) is 5. The lowest BCUT2D eigenvalue weighted by Gasteiger charge is -2.43. The number of aliphatic hydroxyl groups excluding tert-OH is 1. The molecule has 0 aromatic heterocycles. The molecule has 24 heteroatoms. The molecule has 8 atom stereocenters. The second-order valence-electron chi connectivity index (χ2n) is 14.7. The molecule has 1 aromatic carbocycles. The molecule has 1 saturated heterocycles. The van der Waals surface area contributed by atoms with E-state index in [4.69, 9.17) is 23.7 Å². The van der Waals surface area contributed by atoms with Gasteiger partial charge in [-0.2, -0.15) is 0 Å². The number of esters is 4. The average molecular weight is 853 g/mol. The topological polar surface area (TPSA) is 345 Å². The van der Waals surface area contributed by atoms with E-state index in [1.54, 1.807) is 6.07 Å². The Morgan fingerprint density at radius 3 is 1.85 bits per heavy atom. The van der Waals surface area contributed by atoms with Crippen LogP contribution in [0.1, 0.15) is 75.3 Å². The van der Waals surface area contributed by atoms with Crippen LogP contribution < -0.4 is 0 Å². The summed E-state index contributed by atoms with van der Waals surface area (Å²) in [5.41, 5.74) is 4.03. The number of carbonyl (C=O) groups is 5. The van der Waals surface area contributed by atoms with Crippen molar-refractivity contribution in [3.8, 4) is 5.75 Å². The second-order valence-corrected chi connectivity index (χ2v) is 14.7. The highest BCUT2D eigenvalue weighted by Crippen LogP contribution is 2.58. The number of allylic oxidation sites excluding steroid dienone is 2. The van der Waals surface area contributed by atoms with Crippen LogP contribution >= 0.6 is 0 Å². The van der Waals surface area contributed by atoms with Crippen molar-refractivity contribution in [3.63, 3.8) is 0 Å². The first-order valence-electron chi connectivity index (χ1n) is 18.9. The molecule has 1 aliphatic heterocycles. The monoisotopic (exact) mass is 852 g/mol.